The summed E-state index contributed by atoms with van der Waals surface area (Å²) in [5, 5.41) is 0. The van der Waals surface area contributed by atoms with Crippen molar-refractivity contribution in [3.8, 4) is 0 Å². The Morgan fingerprint density at radius 1 is 0.806 bits per heavy atom. The number of carbonyl (C=O) groups excluding carboxylic acids is 1. The lowest BCUT2D eigenvalue weighted by Gasteiger charge is -2.16. The van der Waals surface area contributed by atoms with Crippen molar-refractivity contribution >= 4 is 18.6 Å². The van der Waals surface area contributed by atoms with Gasteiger partial charge in [-0.05, 0) is 56.4 Å². The molecule has 2 aromatic carbocycles. The molecule has 31 heavy (non-hydrogen) atoms. The molecule has 2 rings (SSSR count). The van der Waals surface area contributed by atoms with Crippen LogP contribution in [0.3, 0.4) is 0 Å². The second-order valence-electron chi connectivity index (χ2n) is 8.60. The first-order valence-corrected chi connectivity index (χ1v) is 12.6. The SMILES string of the molecule is CCOC(=O)C(CCCCCCCCCCCc1ccc(C)cc1)c1ccc(S)cc1. The zero-order chi connectivity index (χ0) is 22.3. The minimum Gasteiger partial charge on any atom is -0.466 e. The number of hydrogen-bond donors (Lipinski definition) is 1. The molecular weight excluding hydrogens is 400 g/mol. The number of unbranched alkanes of at least 4 members (excludes halogenated alkanes) is 8. The summed E-state index contributed by atoms with van der Waals surface area (Å²) in [5.41, 5.74) is 3.85. The normalized spacial score (nSPS) is 12.0. The summed E-state index contributed by atoms with van der Waals surface area (Å²) in [4.78, 5) is 13.3. The lowest BCUT2D eigenvalue weighted by molar-refractivity contribution is -0.145. The van der Waals surface area contributed by atoms with Gasteiger partial charge in [-0.1, -0.05) is 93.3 Å². The molecule has 0 saturated carbocycles. The molecule has 0 N–H and O–H groups in total. The van der Waals surface area contributed by atoms with Gasteiger partial charge in [-0.2, -0.15) is 0 Å². The van der Waals surface area contributed by atoms with Gasteiger partial charge in [0.15, 0.2) is 0 Å². The molecule has 0 aromatic heterocycles. The average molecular weight is 441 g/mol. The topological polar surface area (TPSA) is 26.3 Å². The average Bonchev–Trinajstić information content (AvgIpc) is 2.77. The van der Waals surface area contributed by atoms with E-state index >= 15 is 0 Å². The van der Waals surface area contributed by atoms with Gasteiger partial charge in [0.25, 0.3) is 0 Å². The van der Waals surface area contributed by atoms with Crippen molar-refractivity contribution in [2.75, 3.05) is 6.61 Å². The van der Waals surface area contributed by atoms with Crippen LogP contribution in [0.15, 0.2) is 53.4 Å². The van der Waals surface area contributed by atoms with Crippen molar-refractivity contribution in [2.24, 2.45) is 0 Å². The summed E-state index contributed by atoms with van der Waals surface area (Å²) < 4.78 is 5.31. The van der Waals surface area contributed by atoms with Gasteiger partial charge in [0, 0.05) is 4.90 Å². The molecule has 3 heteroatoms. The quantitative estimate of drug-likeness (QED) is 0.172. The highest BCUT2D eigenvalue weighted by Crippen LogP contribution is 2.26. The molecule has 2 nitrogen and oxygen atoms in total. The highest BCUT2D eigenvalue weighted by atomic mass is 32.1. The number of ether oxygens (including phenoxy) is 1. The highest BCUT2D eigenvalue weighted by Gasteiger charge is 2.21. The first-order chi connectivity index (χ1) is 15.1. The molecule has 1 atom stereocenters. The number of aryl methyl sites for hydroxylation is 2. The van der Waals surface area contributed by atoms with Crippen LogP contribution >= 0.6 is 12.6 Å². The van der Waals surface area contributed by atoms with Crippen LogP contribution < -0.4 is 0 Å². The predicted molar refractivity (Wildman–Crippen MR) is 134 cm³/mol. The maximum atomic E-state index is 12.4. The van der Waals surface area contributed by atoms with Crippen LogP contribution in [-0.2, 0) is 16.0 Å². The number of carbonyl (C=O) groups is 1. The molecule has 0 aliphatic rings. The summed E-state index contributed by atoms with van der Waals surface area (Å²) in [6, 6.07) is 16.8. The Labute approximate surface area is 195 Å². The monoisotopic (exact) mass is 440 g/mol. The first kappa shape index (κ1) is 25.5. The minimum absolute atomic E-state index is 0.0972. The minimum atomic E-state index is -0.151. The van der Waals surface area contributed by atoms with Crippen LogP contribution in [0.5, 0.6) is 0 Å². The van der Waals surface area contributed by atoms with E-state index in [1.165, 1.54) is 68.9 Å². The van der Waals surface area contributed by atoms with E-state index < -0.39 is 0 Å². The number of benzene rings is 2. The Morgan fingerprint density at radius 2 is 1.35 bits per heavy atom. The van der Waals surface area contributed by atoms with E-state index in [-0.39, 0.29) is 11.9 Å². The summed E-state index contributed by atoms with van der Waals surface area (Å²) in [5.74, 6) is -0.248. The Morgan fingerprint density at radius 3 is 1.94 bits per heavy atom. The fourth-order valence-electron chi connectivity index (χ4n) is 4.04. The summed E-state index contributed by atoms with van der Waals surface area (Å²) in [6.45, 7) is 4.45. The van der Waals surface area contributed by atoms with Crippen LogP contribution in [0.1, 0.15) is 93.7 Å². The lowest BCUT2D eigenvalue weighted by Crippen LogP contribution is -2.16. The Kier molecular flexibility index (Phi) is 12.5. The maximum Gasteiger partial charge on any atom is 0.313 e. The molecule has 170 valence electrons. The molecule has 0 saturated heterocycles. The number of hydrogen-bond acceptors (Lipinski definition) is 3. The molecule has 2 aromatic rings. The zero-order valence-corrected chi connectivity index (χ0v) is 20.3. The van der Waals surface area contributed by atoms with E-state index in [2.05, 4.69) is 43.8 Å². The van der Waals surface area contributed by atoms with E-state index in [9.17, 15) is 4.79 Å². The van der Waals surface area contributed by atoms with Crippen LogP contribution in [0.2, 0.25) is 0 Å². The van der Waals surface area contributed by atoms with Crippen molar-refractivity contribution in [1.29, 1.82) is 0 Å². The lowest BCUT2D eigenvalue weighted by atomic mass is 9.93. The predicted octanol–water partition coefficient (Wildman–Crippen LogP) is 8.07. The van der Waals surface area contributed by atoms with Gasteiger partial charge in [0.1, 0.15) is 0 Å². The smallest absolute Gasteiger partial charge is 0.313 e. The van der Waals surface area contributed by atoms with E-state index in [0.717, 1.165) is 23.3 Å². The second-order valence-corrected chi connectivity index (χ2v) is 9.12. The van der Waals surface area contributed by atoms with Crippen molar-refractivity contribution in [2.45, 2.75) is 95.3 Å². The number of rotatable bonds is 15. The standard InChI is InChI=1S/C28H40O2S/c1-3-30-28(29)27(25-19-21-26(31)22-20-25)14-12-10-8-6-4-5-7-9-11-13-24-17-15-23(2)16-18-24/h15-22,27,31H,3-14H2,1-2H3. The second kappa shape index (κ2) is 15.1. The number of thiol groups is 1. The molecule has 0 amide bonds. The van der Waals surface area contributed by atoms with Gasteiger partial charge in [-0.15, -0.1) is 12.6 Å². The van der Waals surface area contributed by atoms with E-state index in [0.29, 0.717) is 6.61 Å². The van der Waals surface area contributed by atoms with Crippen LogP contribution in [0.4, 0.5) is 0 Å². The van der Waals surface area contributed by atoms with Gasteiger partial charge >= 0.3 is 5.97 Å². The fraction of sp³-hybridized carbons (Fsp3) is 0.536. The van der Waals surface area contributed by atoms with E-state index in [4.69, 9.17) is 4.74 Å². The van der Waals surface area contributed by atoms with Crippen molar-refractivity contribution in [1.82, 2.24) is 0 Å². The van der Waals surface area contributed by atoms with Crippen molar-refractivity contribution < 1.29 is 9.53 Å². The zero-order valence-electron chi connectivity index (χ0n) is 19.4. The Hall–Kier alpha value is -1.74. The van der Waals surface area contributed by atoms with Crippen LogP contribution in [0.25, 0.3) is 0 Å². The molecular formula is C28H40O2S. The maximum absolute atomic E-state index is 12.4. The van der Waals surface area contributed by atoms with Crippen LogP contribution in [0, 0.1) is 6.92 Å². The summed E-state index contributed by atoms with van der Waals surface area (Å²) in [7, 11) is 0. The molecule has 1 unspecified atom stereocenters. The molecule has 0 fully saturated rings. The third kappa shape index (κ3) is 10.4. The fourth-order valence-corrected chi connectivity index (χ4v) is 4.19. The molecule has 0 bridgehead atoms. The van der Waals surface area contributed by atoms with Gasteiger partial charge < -0.3 is 4.74 Å². The number of esters is 1. The highest BCUT2D eigenvalue weighted by molar-refractivity contribution is 7.80. The Balaban J connectivity index is 1.53. The largest absolute Gasteiger partial charge is 0.466 e. The molecule has 0 heterocycles. The molecule has 0 spiro atoms. The van der Waals surface area contributed by atoms with Gasteiger partial charge in [-0.25, -0.2) is 0 Å². The van der Waals surface area contributed by atoms with Crippen molar-refractivity contribution in [3.05, 3.63) is 65.2 Å². The summed E-state index contributed by atoms with van der Waals surface area (Å²) in [6.07, 6.45) is 13.5. The summed E-state index contributed by atoms with van der Waals surface area (Å²) >= 11 is 4.34. The Bertz CT molecular complexity index is 737. The third-order valence-corrected chi connectivity index (χ3v) is 6.24. The first-order valence-electron chi connectivity index (χ1n) is 12.1. The van der Waals surface area contributed by atoms with Gasteiger partial charge in [0.05, 0.1) is 12.5 Å². The van der Waals surface area contributed by atoms with E-state index in [1.54, 1.807) is 0 Å². The molecule has 0 aliphatic heterocycles. The molecule has 0 radical (unpaired) electrons. The van der Waals surface area contributed by atoms with Gasteiger partial charge in [0.2, 0.25) is 0 Å². The molecule has 0 aliphatic carbocycles. The van der Waals surface area contributed by atoms with Crippen LogP contribution in [-0.4, -0.2) is 12.6 Å². The van der Waals surface area contributed by atoms with Gasteiger partial charge in [-0.3, -0.25) is 4.79 Å². The van der Waals surface area contributed by atoms with E-state index in [1.807, 2.05) is 31.2 Å². The van der Waals surface area contributed by atoms with Crippen molar-refractivity contribution in [3.63, 3.8) is 0 Å². The third-order valence-electron chi connectivity index (χ3n) is 5.95.